The molecule has 2 aromatic rings. The minimum Gasteiger partial charge on any atom is -0.355 e. The van der Waals surface area contributed by atoms with Crippen LogP contribution in [0.25, 0.3) is 11.0 Å². The number of fused-ring (bicyclic) bond motifs is 1. The Labute approximate surface area is 166 Å². The van der Waals surface area contributed by atoms with E-state index in [1.54, 1.807) is 4.90 Å². The van der Waals surface area contributed by atoms with Crippen LogP contribution in [0.2, 0.25) is 0 Å². The SMILES string of the molecule is CCCCNC(=O)[C@H](C#N)c1nc2ccccc2nc1N1CC[NH+](CC)CC1. The first-order chi connectivity index (χ1) is 13.7. The monoisotopic (exact) mass is 381 g/mol. The van der Waals surface area contributed by atoms with Gasteiger partial charge in [-0.3, -0.25) is 4.79 Å². The number of quaternary nitrogens is 1. The van der Waals surface area contributed by atoms with E-state index in [-0.39, 0.29) is 5.91 Å². The topological polar surface area (TPSA) is 86.3 Å². The Morgan fingerprint density at radius 2 is 1.93 bits per heavy atom. The van der Waals surface area contributed by atoms with Crippen molar-refractivity contribution in [3.05, 3.63) is 30.0 Å². The highest BCUT2D eigenvalue weighted by Crippen LogP contribution is 2.27. The predicted molar refractivity (Wildman–Crippen MR) is 109 cm³/mol. The van der Waals surface area contributed by atoms with Crippen molar-refractivity contribution in [2.24, 2.45) is 0 Å². The first-order valence-electron chi connectivity index (χ1n) is 10.2. The Balaban J connectivity index is 1.96. The normalized spacial score (nSPS) is 16.0. The van der Waals surface area contributed by atoms with Gasteiger partial charge in [-0.1, -0.05) is 25.5 Å². The number of amides is 1. The summed E-state index contributed by atoms with van der Waals surface area (Å²) in [7, 11) is 0. The number of piperazine rings is 1. The summed E-state index contributed by atoms with van der Waals surface area (Å²) in [6.07, 6.45) is 1.88. The van der Waals surface area contributed by atoms with Crippen LogP contribution < -0.4 is 15.1 Å². The Hall–Kier alpha value is -2.72. The van der Waals surface area contributed by atoms with Gasteiger partial charge in [0.2, 0.25) is 5.91 Å². The molecule has 0 bridgehead atoms. The molecule has 1 atom stereocenters. The van der Waals surface area contributed by atoms with E-state index in [2.05, 4.69) is 30.1 Å². The molecule has 3 rings (SSSR count). The van der Waals surface area contributed by atoms with Crippen molar-refractivity contribution < 1.29 is 9.69 Å². The first kappa shape index (κ1) is 20.0. The van der Waals surface area contributed by atoms with Crippen LogP contribution in [0.15, 0.2) is 24.3 Å². The number of benzene rings is 1. The second-order valence-corrected chi connectivity index (χ2v) is 7.22. The highest BCUT2D eigenvalue weighted by Gasteiger charge is 2.30. The fourth-order valence-corrected chi connectivity index (χ4v) is 3.55. The molecular weight excluding hydrogens is 352 g/mol. The van der Waals surface area contributed by atoms with Gasteiger partial charge in [0.05, 0.1) is 49.8 Å². The molecule has 7 heteroatoms. The number of para-hydroxylation sites is 2. The fourth-order valence-electron chi connectivity index (χ4n) is 3.55. The quantitative estimate of drug-likeness (QED) is 0.696. The summed E-state index contributed by atoms with van der Waals surface area (Å²) < 4.78 is 0. The molecule has 0 unspecified atom stereocenters. The molecule has 1 fully saturated rings. The second kappa shape index (κ2) is 9.47. The zero-order valence-corrected chi connectivity index (χ0v) is 16.7. The molecule has 0 radical (unpaired) electrons. The number of carbonyl (C=O) groups is 1. The van der Waals surface area contributed by atoms with Crippen LogP contribution in [0.1, 0.15) is 38.3 Å². The number of unbranched alkanes of at least 4 members (excludes halogenated alkanes) is 1. The minimum atomic E-state index is -0.958. The maximum Gasteiger partial charge on any atom is 0.243 e. The van der Waals surface area contributed by atoms with E-state index in [9.17, 15) is 10.1 Å². The van der Waals surface area contributed by atoms with Crippen LogP contribution in [0.3, 0.4) is 0 Å². The van der Waals surface area contributed by atoms with Gasteiger partial charge in [-0.25, -0.2) is 9.97 Å². The van der Waals surface area contributed by atoms with Crippen molar-refractivity contribution in [2.75, 3.05) is 44.2 Å². The third kappa shape index (κ3) is 4.39. The van der Waals surface area contributed by atoms with Crippen LogP contribution in [0.4, 0.5) is 5.82 Å². The molecule has 1 aliphatic rings. The molecule has 1 aromatic carbocycles. The van der Waals surface area contributed by atoms with Gasteiger partial charge in [-0.2, -0.15) is 5.26 Å². The zero-order valence-electron chi connectivity index (χ0n) is 16.7. The van der Waals surface area contributed by atoms with E-state index in [0.29, 0.717) is 23.6 Å². The molecule has 2 N–H and O–H groups in total. The van der Waals surface area contributed by atoms with Gasteiger partial charge in [-0.05, 0) is 25.5 Å². The summed E-state index contributed by atoms with van der Waals surface area (Å²) in [6.45, 7) is 9.66. The van der Waals surface area contributed by atoms with Crippen molar-refractivity contribution in [1.82, 2.24) is 15.3 Å². The largest absolute Gasteiger partial charge is 0.355 e. The maximum absolute atomic E-state index is 12.7. The number of carbonyl (C=O) groups excluding carboxylic acids is 1. The molecule has 28 heavy (non-hydrogen) atoms. The fraction of sp³-hybridized carbons (Fsp3) is 0.524. The zero-order chi connectivity index (χ0) is 19.9. The van der Waals surface area contributed by atoms with Gasteiger partial charge >= 0.3 is 0 Å². The third-order valence-electron chi connectivity index (χ3n) is 5.34. The van der Waals surface area contributed by atoms with Gasteiger partial charge in [0.25, 0.3) is 0 Å². The lowest BCUT2D eigenvalue weighted by Crippen LogP contribution is -3.14. The lowest BCUT2D eigenvalue weighted by molar-refractivity contribution is -0.898. The molecule has 1 saturated heterocycles. The number of aromatic nitrogens is 2. The molecule has 1 aromatic heterocycles. The summed E-state index contributed by atoms with van der Waals surface area (Å²) in [6, 6.07) is 9.78. The summed E-state index contributed by atoms with van der Waals surface area (Å²) in [4.78, 5) is 26.0. The summed E-state index contributed by atoms with van der Waals surface area (Å²) in [5.41, 5.74) is 1.96. The van der Waals surface area contributed by atoms with E-state index < -0.39 is 5.92 Å². The first-order valence-corrected chi connectivity index (χ1v) is 10.2. The Morgan fingerprint density at radius 1 is 1.25 bits per heavy atom. The van der Waals surface area contributed by atoms with E-state index in [4.69, 9.17) is 9.97 Å². The summed E-state index contributed by atoms with van der Waals surface area (Å²) in [5.74, 6) is -0.578. The molecule has 1 aliphatic heterocycles. The Morgan fingerprint density at radius 3 is 2.54 bits per heavy atom. The second-order valence-electron chi connectivity index (χ2n) is 7.22. The summed E-state index contributed by atoms with van der Waals surface area (Å²) in [5, 5.41) is 12.7. The lowest BCUT2D eigenvalue weighted by Gasteiger charge is -2.33. The number of nitrogens with one attached hydrogen (secondary N) is 2. The number of nitrogens with zero attached hydrogens (tertiary/aromatic N) is 4. The number of likely N-dealkylation sites (N-methyl/N-ethyl adjacent to an activating group) is 1. The summed E-state index contributed by atoms with van der Waals surface area (Å²) >= 11 is 0. The molecule has 0 aliphatic carbocycles. The maximum atomic E-state index is 12.7. The van der Waals surface area contributed by atoms with E-state index >= 15 is 0 Å². The molecule has 2 heterocycles. The van der Waals surface area contributed by atoms with E-state index in [0.717, 1.165) is 51.1 Å². The number of nitriles is 1. The molecular formula is C21H29N6O+. The van der Waals surface area contributed by atoms with Crippen molar-refractivity contribution in [3.8, 4) is 6.07 Å². The van der Waals surface area contributed by atoms with Gasteiger partial charge in [-0.15, -0.1) is 0 Å². The average Bonchev–Trinajstić information content (AvgIpc) is 2.74. The predicted octanol–water partition coefficient (Wildman–Crippen LogP) is 0.878. The minimum absolute atomic E-state index is 0.292. The standard InChI is InChI=1S/C21H28N6O/c1-3-5-10-23-21(28)16(15-22)19-20(27-13-11-26(4-2)12-14-27)25-18-9-7-6-8-17(18)24-19/h6-9,16H,3-5,10-14H2,1-2H3,(H,23,28)/p+1/t16-/m1/s1. The van der Waals surface area contributed by atoms with E-state index in [1.807, 2.05) is 24.3 Å². The smallest absolute Gasteiger partial charge is 0.243 e. The van der Waals surface area contributed by atoms with Gasteiger partial charge in [0.1, 0.15) is 5.69 Å². The van der Waals surface area contributed by atoms with E-state index in [1.165, 1.54) is 0 Å². The number of hydrogen-bond donors (Lipinski definition) is 2. The van der Waals surface area contributed by atoms with Crippen molar-refractivity contribution in [1.29, 1.82) is 5.26 Å². The van der Waals surface area contributed by atoms with Crippen LogP contribution >= 0.6 is 0 Å². The third-order valence-corrected chi connectivity index (χ3v) is 5.34. The Bertz CT molecular complexity index is 854. The van der Waals surface area contributed by atoms with Crippen LogP contribution in [-0.4, -0.2) is 55.1 Å². The molecule has 1 amide bonds. The van der Waals surface area contributed by atoms with Crippen LogP contribution in [0.5, 0.6) is 0 Å². The highest BCUT2D eigenvalue weighted by molar-refractivity contribution is 5.88. The Kier molecular flexibility index (Phi) is 6.77. The molecule has 0 spiro atoms. The molecule has 148 valence electrons. The number of rotatable bonds is 7. The van der Waals surface area contributed by atoms with Crippen molar-refractivity contribution >= 4 is 22.8 Å². The number of anilines is 1. The van der Waals surface area contributed by atoms with Gasteiger partial charge in [0, 0.05) is 6.54 Å². The molecule has 0 saturated carbocycles. The van der Waals surface area contributed by atoms with Crippen LogP contribution in [-0.2, 0) is 4.79 Å². The van der Waals surface area contributed by atoms with Crippen LogP contribution in [0, 0.1) is 11.3 Å². The average molecular weight is 382 g/mol. The van der Waals surface area contributed by atoms with Crippen molar-refractivity contribution in [3.63, 3.8) is 0 Å². The highest BCUT2D eigenvalue weighted by atomic mass is 16.1. The van der Waals surface area contributed by atoms with Crippen molar-refractivity contribution in [2.45, 2.75) is 32.6 Å². The number of hydrogen-bond acceptors (Lipinski definition) is 5. The van der Waals surface area contributed by atoms with Gasteiger partial charge in [0.15, 0.2) is 11.7 Å². The molecule has 7 nitrogen and oxygen atoms in total. The lowest BCUT2D eigenvalue weighted by atomic mass is 10.0. The van der Waals surface area contributed by atoms with Gasteiger partial charge < -0.3 is 15.1 Å².